The molecular weight excluding hydrogens is 348 g/mol. The van der Waals surface area contributed by atoms with E-state index in [1.54, 1.807) is 0 Å². The third-order valence-electron chi connectivity index (χ3n) is 5.43. The van der Waals surface area contributed by atoms with Gasteiger partial charge in [0.1, 0.15) is 0 Å². The highest BCUT2D eigenvalue weighted by Gasteiger charge is 2.17. The van der Waals surface area contributed by atoms with Crippen molar-refractivity contribution in [3.8, 4) is 11.4 Å². The summed E-state index contributed by atoms with van der Waals surface area (Å²) in [6.45, 7) is 4.54. The van der Waals surface area contributed by atoms with Gasteiger partial charge in [-0.2, -0.15) is 4.52 Å². The Kier molecular flexibility index (Phi) is 4.62. The van der Waals surface area contributed by atoms with Crippen LogP contribution in [0.25, 0.3) is 22.6 Å². The fourth-order valence-corrected chi connectivity index (χ4v) is 3.84. The number of nitrogens with zero attached hydrogens (tertiary/aromatic N) is 5. The van der Waals surface area contributed by atoms with Crippen LogP contribution in [-0.4, -0.2) is 50.9 Å². The molecule has 0 amide bonds. The van der Waals surface area contributed by atoms with E-state index in [4.69, 9.17) is 5.10 Å². The molecule has 1 saturated heterocycles. The van der Waals surface area contributed by atoms with Gasteiger partial charge in [0.15, 0.2) is 17.3 Å². The van der Waals surface area contributed by atoms with Gasteiger partial charge < -0.3 is 10.2 Å². The fraction of sp³-hybridized carbons (Fsp3) is 0.318. The van der Waals surface area contributed by atoms with Gasteiger partial charge in [-0.15, -0.1) is 15.3 Å². The Bertz CT molecular complexity index is 1030. The number of anilines is 1. The van der Waals surface area contributed by atoms with Crippen LogP contribution in [0.15, 0.2) is 54.6 Å². The van der Waals surface area contributed by atoms with Gasteiger partial charge >= 0.3 is 0 Å². The van der Waals surface area contributed by atoms with E-state index >= 15 is 0 Å². The number of likely N-dealkylation sites (tertiary alicyclic amines) is 1. The summed E-state index contributed by atoms with van der Waals surface area (Å²) in [5.74, 6) is 1.65. The first-order valence-corrected chi connectivity index (χ1v) is 10.1. The van der Waals surface area contributed by atoms with Crippen LogP contribution in [0.5, 0.6) is 0 Å². The Morgan fingerprint density at radius 1 is 1.04 bits per heavy atom. The summed E-state index contributed by atoms with van der Waals surface area (Å²) in [7, 11) is 0. The summed E-state index contributed by atoms with van der Waals surface area (Å²) in [5, 5.41) is 17.2. The molecule has 142 valence electrons. The second kappa shape index (κ2) is 7.56. The van der Waals surface area contributed by atoms with Crippen molar-refractivity contribution < 1.29 is 0 Å². The Morgan fingerprint density at radius 2 is 1.86 bits per heavy atom. The van der Waals surface area contributed by atoms with Crippen molar-refractivity contribution in [2.24, 2.45) is 0 Å². The molecule has 5 rings (SSSR count). The maximum Gasteiger partial charge on any atom is 0.185 e. The van der Waals surface area contributed by atoms with Crippen molar-refractivity contribution in [1.82, 2.24) is 24.7 Å². The monoisotopic (exact) mass is 372 g/mol. The second-order valence-corrected chi connectivity index (χ2v) is 7.38. The predicted molar refractivity (Wildman–Crippen MR) is 112 cm³/mol. The summed E-state index contributed by atoms with van der Waals surface area (Å²) in [5.41, 5.74) is 4.04. The van der Waals surface area contributed by atoms with Gasteiger partial charge in [-0.3, -0.25) is 0 Å². The number of aromatic nitrogens is 4. The number of rotatable bonds is 7. The van der Waals surface area contributed by atoms with Gasteiger partial charge in [-0.1, -0.05) is 48.6 Å². The van der Waals surface area contributed by atoms with Crippen LogP contribution in [0.4, 0.5) is 5.82 Å². The van der Waals surface area contributed by atoms with Crippen molar-refractivity contribution in [2.75, 3.05) is 31.5 Å². The lowest BCUT2D eigenvalue weighted by atomic mass is 10.0. The van der Waals surface area contributed by atoms with E-state index < -0.39 is 0 Å². The summed E-state index contributed by atoms with van der Waals surface area (Å²) >= 11 is 0. The molecule has 1 aliphatic carbocycles. The van der Waals surface area contributed by atoms with E-state index in [0.29, 0.717) is 0 Å². The summed E-state index contributed by atoms with van der Waals surface area (Å²) in [6, 6.07) is 12.2. The second-order valence-electron chi connectivity index (χ2n) is 7.38. The third-order valence-corrected chi connectivity index (χ3v) is 5.43. The molecule has 0 atom stereocenters. The number of benzene rings is 1. The molecule has 0 unspecified atom stereocenters. The Hall–Kier alpha value is -2.99. The molecule has 1 N–H and O–H groups in total. The standard InChI is InChI=1S/C22H24N6/c1-2-8-18(9-3-1)22-25-24-20-16-19(17-10-6-11-17)21(26-28(20)22)23-12-7-15-27-13-4-5-14-27/h1-3,6,8-11,16H,4-5,7,12-15H2,(H,23,26). The minimum absolute atomic E-state index is 0.762. The van der Waals surface area contributed by atoms with E-state index in [1.807, 2.05) is 34.8 Å². The Balaban J connectivity index is 1.41. The number of hydrogen-bond acceptors (Lipinski definition) is 5. The lowest BCUT2D eigenvalue weighted by Gasteiger charge is -2.17. The average molecular weight is 372 g/mol. The highest BCUT2D eigenvalue weighted by atomic mass is 15.4. The molecule has 0 spiro atoms. The molecule has 3 heterocycles. The van der Waals surface area contributed by atoms with E-state index in [2.05, 4.69) is 44.7 Å². The summed E-state index contributed by atoms with van der Waals surface area (Å²) in [4.78, 5) is 2.55. The maximum absolute atomic E-state index is 4.88. The van der Waals surface area contributed by atoms with Gasteiger partial charge in [0.2, 0.25) is 0 Å². The molecule has 28 heavy (non-hydrogen) atoms. The molecule has 1 aliphatic heterocycles. The maximum atomic E-state index is 4.88. The zero-order valence-corrected chi connectivity index (χ0v) is 15.9. The molecule has 0 saturated carbocycles. The number of fused-ring (bicyclic) bond motifs is 1. The fourth-order valence-electron chi connectivity index (χ4n) is 3.84. The van der Waals surface area contributed by atoms with Crippen LogP contribution in [0.2, 0.25) is 0 Å². The molecule has 0 bridgehead atoms. The quantitative estimate of drug-likeness (QED) is 0.642. The Morgan fingerprint density at radius 3 is 2.61 bits per heavy atom. The third kappa shape index (κ3) is 3.31. The van der Waals surface area contributed by atoms with E-state index in [-0.39, 0.29) is 0 Å². The van der Waals surface area contributed by atoms with Crippen molar-refractivity contribution >= 4 is 17.0 Å². The van der Waals surface area contributed by atoms with Crippen molar-refractivity contribution in [2.45, 2.75) is 19.3 Å². The SMILES string of the molecule is C1=CC(c2cc3nnc(-c4ccccc4)n3nc2NCCCN2CCCC2)=C1. The minimum atomic E-state index is 0.762. The van der Waals surface area contributed by atoms with Crippen LogP contribution in [-0.2, 0) is 0 Å². The number of nitrogens with one attached hydrogen (secondary N) is 1. The van der Waals surface area contributed by atoms with Gasteiger partial charge in [0.25, 0.3) is 0 Å². The van der Waals surface area contributed by atoms with Crippen LogP contribution in [0.1, 0.15) is 24.8 Å². The Labute approximate surface area is 164 Å². The average Bonchev–Trinajstić information content (AvgIpc) is 3.34. The molecule has 2 aromatic heterocycles. The molecule has 0 radical (unpaired) electrons. The van der Waals surface area contributed by atoms with Gasteiger partial charge in [-0.25, -0.2) is 0 Å². The van der Waals surface area contributed by atoms with Gasteiger partial charge in [-0.05, 0) is 50.5 Å². The van der Waals surface area contributed by atoms with Crippen LogP contribution >= 0.6 is 0 Å². The van der Waals surface area contributed by atoms with Crippen molar-refractivity contribution in [3.63, 3.8) is 0 Å². The molecule has 1 aromatic carbocycles. The summed E-state index contributed by atoms with van der Waals surface area (Å²) < 4.78 is 1.84. The summed E-state index contributed by atoms with van der Waals surface area (Å²) in [6.07, 6.45) is 10.1. The molecule has 6 nitrogen and oxygen atoms in total. The van der Waals surface area contributed by atoms with E-state index in [1.165, 1.54) is 31.5 Å². The zero-order chi connectivity index (χ0) is 18.8. The topological polar surface area (TPSA) is 58.4 Å². The molecule has 2 aliphatic rings. The molecule has 6 heteroatoms. The first-order valence-electron chi connectivity index (χ1n) is 10.1. The van der Waals surface area contributed by atoms with Crippen LogP contribution in [0.3, 0.4) is 0 Å². The lowest BCUT2D eigenvalue weighted by molar-refractivity contribution is 0.337. The van der Waals surface area contributed by atoms with Crippen molar-refractivity contribution in [1.29, 1.82) is 0 Å². The number of allylic oxidation sites excluding steroid dienone is 4. The van der Waals surface area contributed by atoms with Crippen molar-refractivity contribution in [3.05, 3.63) is 60.2 Å². The minimum Gasteiger partial charge on any atom is -0.368 e. The highest BCUT2D eigenvalue weighted by Crippen LogP contribution is 2.29. The first kappa shape index (κ1) is 17.1. The lowest BCUT2D eigenvalue weighted by Crippen LogP contribution is -2.22. The molecular formula is C22H24N6. The van der Waals surface area contributed by atoms with Gasteiger partial charge in [0, 0.05) is 17.7 Å². The molecule has 3 aromatic rings. The predicted octanol–water partition coefficient (Wildman–Crippen LogP) is 3.64. The van der Waals surface area contributed by atoms with E-state index in [0.717, 1.165) is 47.9 Å². The molecule has 1 fully saturated rings. The van der Waals surface area contributed by atoms with E-state index in [9.17, 15) is 0 Å². The van der Waals surface area contributed by atoms with Crippen LogP contribution < -0.4 is 5.32 Å². The first-order chi connectivity index (χ1) is 13.9. The largest absolute Gasteiger partial charge is 0.368 e. The number of hydrogen-bond donors (Lipinski definition) is 1. The highest BCUT2D eigenvalue weighted by molar-refractivity contribution is 5.87. The smallest absolute Gasteiger partial charge is 0.185 e. The van der Waals surface area contributed by atoms with Crippen LogP contribution in [0, 0.1) is 0 Å². The van der Waals surface area contributed by atoms with Gasteiger partial charge in [0.05, 0.1) is 0 Å². The zero-order valence-electron chi connectivity index (χ0n) is 15.9. The normalized spacial score (nSPS) is 16.4.